The Morgan fingerprint density at radius 2 is 2.04 bits per heavy atom. The first-order valence-electron chi connectivity index (χ1n) is 9.37. The second-order valence-corrected chi connectivity index (χ2v) is 6.43. The predicted octanol–water partition coefficient (Wildman–Crippen LogP) is 4.73. The van der Waals surface area contributed by atoms with Crippen molar-refractivity contribution >= 4 is 22.4 Å². The fourth-order valence-electron chi connectivity index (χ4n) is 3.06. The van der Waals surface area contributed by atoms with Gasteiger partial charge in [0.05, 0.1) is 22.8 Å². The fourth-order valence-corrected chi connectivity index (χ4v) is 3.06. The summed E-state index contributed by atoms with van der Waals surface area (Å²) >= 11 is 0. The molecule has 1 unspecified atom stereocenters. The number of nitrogens with zero attached hydrogens (tertiary/aromatic N) is 2. The van der Waals surface area contributed by atoms with Crippen molar-refractivity contribution in [1.29, 1.82) is 5.26 Å². The average molecular weight is 374 g/mol. The zero-order chi connectivity index (χ0) is 19.9. The van der Waals surface area contributed by atoms with Crippen LogP contribution in [0, 0.1) is 23.2 Å². The Morgan fingerprint density at radius 3 is 2.82 bits per heavy atom. The number of esters is 1. The third kappa shape index (κ3) is 4.10. The van der Waals surface area contributed by atoms with Crippen molar-refractivity contribution in [3.63, 3.8) is 0 Å². The Hall–Kier alpha value is -3.44. The summed E-state index contributed by atoms with van der Waals surface area (Å²) in [6.07, 6.45) is 4.24. The number of benzene rings is 1. The molecular formula is C23H22N2O3. The molecule has 5 heteroatoms. The van der Waals surface area contributed by atoms with Gasteiger partial charge in [-0.15, -0.1) is 0 Å². The van der Waals surface area contributed by atoms with Crippen molar-refractivity contribution < 1.29 is 14.3 Å². The van der Waals surface area contributed by atoms with Crippen LogP contribution >= 0.6 is 0 Å². The molecule has 0 aliphatic heterocycles. The molecule has 5 nitrogen and oxygen atoms in total. The van der Waals surface area contributed by atoms with E-state index in [1.165, 1.54) is 0 Å². The number of para-hydroxylation sites is 1. The lowest BCUT2D eigenvalue weighted by Gasteiger charge is -2.08. The second-order valence-electron chi connectivity index (χ2n) is 6.43. The molecule has 1 aromatic carbocycles. The van der Waals surface area contributed by atoms with Gasteiger partial charge in [-0.05, 0) is 31.5 Å². The highest BCUT2D eigenvalue weighted by Crippen LogP contribution is 2.29. The second kappa shape index (κ2) is 8.97. The normalized spacial score (nSPS) is 11.5. The van der Waals surface area contributed by atoms with Gasteiger partial charge in [0.1, 0.15) is 11.8 Å². The van der Waals surface area contributed by atoms with Crippen molar-refractivity contribution in [1.82, 2.24) is 4.40 Å². The standard InChI is InChI=1S/C23H22N2O3/c1-3-4-5-6-9-17(2)28-23(26)22-19-10-7-8-11-20(19)25-16-18(27-15-14-24)12-13-21(22)25/h7-8,10-13,16-17H,3-5,15H2,1-2H3. The number of carbonyl (C=O) groups excluding carboxylic acids is 1. The van der Waals surface area contributed by atoms with Crippen molar-refractivity contribution in [2.45, 2.75) is 39.2 Å². The van der Waals surface area contributed by atoms with Gasteiger partial charge in [-0.2, -0.15) is 5.26 Å². The van der Waals surface area contributed by atoms with E-state index in [9.17, 15) is 4.79 Å². The summed E-state index contributed by atoms with van der Waals surface area (Å²) in [5, 5.41) is 9.51. The average Bonchev–Trinajstić information content (AvgIpc) is 3.03. The van der Waals surface area contributed by atoms with Gasteiger partial charge >= 0.3 is 5.97 Å². The Bertz CT molecular complexity index is 1100. The van der Waals surface area contributed by atoms with E-state index in [-0.39, 0.29) is 6.61 Å². The molecule has 1 atom stereocenters. The van der Waals surface area contributed by atoms with Gasteiger partial charge in [0.25, 0.3) is 0 Å². The number of aromatic nitrogens is 1. The molecule has 0 aliphatic carbocycles. The molecular weight excluding hydrogens is 352 g/mol. The Morgan fingerprint density at radius 1 is 1.21 bits per heavy atom. The largest absolute Gasteiger partial charge is 0.477 e. The summed E-state index contributed by atoms with van der Waals surface area (Å²) in [6, 6.07) is 13.1. The maximum atomic E-state index is 12.9. The number of carbonyl (C=O) groups is 1. The first-order chi connectivity index (χ1) is 13.7. The minimum atomic E-state index is -0.476. The summed E-state index contributed by atoms with van der Waals surface area (Å²) in [5.41, 5.74) is 2.10. The van der Waals surface area contributed by atoms with Crippen LogP contribution in [-0.4, -0.2) is 23.1 Å². The number of pyridine rings is 1. The van der Waals surface area contributed by atoms with Crippen LogP contribution < -0.4 is 4.74 Å². The maximum Gasteiger partial charge on any atom is 0.342 e. The molecule has 0 bridgehead atoms. The van der Waals surface area contributed by atoms with Crippen LogP contribution in [0.5, 0.6) is 5.75 Å². The van der Waals surface area contributed by atoms with Crippen LogP contribution in [0.25, 0.3) is 16.4 Å². The molecule has 3 aromatic rings. The third-order valence-corrected chi connectivity index (χ3v) is 4.36. The maximum absolute atomic E-state index is 12.9. The van der Waals surface area contributed by atoms with Gasteiger partial charge < -0.3 is 13.9 Å². The van der Waals surface area contributed by atoms with E-state index >= 15 is 0 Å². The van der Waals surface area contributed by atoms with E-state index in [0.717, 1.165) is 35.7 Å². The predicted molar refractivity (Wildman–Crippen MR) is 108 cm³/mol. The first kappa shape index (κ1) is 19.3. The first-order valence-corrected chi connectivity index (χ1v) is 9.37. The number of hydrogen-bond acceptors (Lipinski definition) is 4. The summed E-state index contributed by atoms with van der Waals surface area (Å²) in [6.45, 7) is 3.87. The summed E-state index contributed by atoms with van der Waals surface area (Å²) in [5.74, 6) is 6.21. The lowest BCUT2D eigenvalue weighted by molar-refractivity contribution is 0.0443. The summed E-state index contributed by atoms with van der Waals surface area (Å²) < 4.78 is 12.9. The molecule has 0 saturated carbocycles. The minimum Gasteiger partial charge on any atom is -0.477 e. The molecule has 2 aromatic heterocycles. The number of unbranched alkanes of at least 4 members (excludes halogenated alkanes) is 2. The van der Waals surface area contributed by atoms with Crippen LogP contribution in [0.3, 0.4) is 0 Å². The van der Waals surface area contributed by atoms with Gasteiger partial charge in [0.2, 0.25) is 0 Å². The molecule has 3 rings (SSSR count). The molecule has 28 heavy (non-hydrogen) atoms. The summed E-state index contributed by atoms with van der Waals surface area (Å²) in [7, 11) is 0. The van der Waals surface area contributed by atoms with Crippen LogP contribution in [0.2, 0.25) is 0 Å². The van der Waals surface area contributed by atoms with Crippen LogP contribution in [0.15, 0.2) is 42.6 Å². The molecule has 0 fully saturated rings. The quantitative estimate of drug-likeness (QED) is 0.355. The van der Waals surface area contributed by atoms with E-state index in [1.54, 1.807) is 25.3 Å². The van der Waals surface area contributed by atoms with Crippen LogP contribution in [0.4, 0.5) is 0 Å². The lowest BCUT2D eigenvalue weighted by Crippen LogP contribution is -2.13. The Kier molecular flexibility index (Phi) is 6.19. The SMILES string of the molecule is CCCCC#CC(C)OC(=O)c1c2ccccc2n2cc(OCC#N)ccc12. The lowest BCUT2D eigenvalue weighted by atomic mass is 10.1. The zero-order valence-electron chi connectivity index (χ0n) is 16.1. The number of ether oxygens (including phenoxy) is 2. The molecule has 0 spiro atoms. The fraction of sp³-hybridized carbons (Fsp3) is 0.304. The van der Waals surface area contributed by atoms with Crippen molar-refractivity contribution in [2.24, 2.45) is 0 Å². The van der Waals surface area contributed by atoms with E-state index in [1.807, 2.05) is 34.7 Å². The molecule has 0 saturated heterocycles. The number of nitriles is 1. The molecule has 2 heterocycles. The highest BCUT2D eigenvalue weighted by molar-refractivity contribution is 6.11. The molecule has 0 amide bonds. The molecule has 0 radical (unpaired) electrons. The van der Waals surface area contributed by atoms with Gasteiger partial charge in [-0.1, -0.05) is 43.4 Å². The monoisotopic (exact) mass is 374 g/mol. The van der Waals surface area contributed by atoms with Gasteiger partial charge in [-0.25, -0.2) is 4.79 Å². The highest BCUT2D eigenvalue weighted by Gasteiger charge is 2.21. The Labute approximate surface area is 164 Å². The van der Waals surface area contributed by atoms with Gasteiger partial charge in [0.15, 0.2) is 12.7 Å². The van der Waals surface area contributed by atoms with E-state index < -0.39 is 12.1 Å². The van der Waals surface area contributed by atoms with Gasteiger partial charge in [-0.3, -0.25) is 0 Å². The topological polar surface area (TPSA) is 63.7 Å². The minimum absolute atomic E-state index is 0.0339. The van der Waals surface area contributed by atoms with Crippen LogP contribution in [0.1, 0.15) is 43.5 Å². The van der Waals surface area contributed by atoms with E-state index in [4.69, 9.17) is 14.7 Å². The number of rotatable bonds is 6. The number of fused-ring (bicyclic) bond motifs is 3. The highest BCUT2D eigenvalue weighted by atomic mass is 16.5. The van der Waals surface area contributed by atoms with Gasteiger partial charge in [0, 0.05) is 11.8 Å². The van der Waals surface area contributed by atoms with Crippen LogP contribution in [-0.2, 0) is 4.74 Å². The van der Waals surface area contributed by atoms with E-state index in [2.05, 4.69) is 18.8 Å². The molecule has 142 valence electrons. The number of hydrogen-bond donors (Lipinski definition) is 0. The smallest absolute Gasteiger partial charge is 0.342 e. The summed E-state index contributed by atoms with van der Waals surface area (Å²) in [4.78, 5) is 12.9. The molecule has 0 aliphatic rings. The van der Waals surface area contributed by atoms with Crippen molar-refractivity contribution in [3.8, 4) is 23.7 Å². The van der Waals surface area contributed by atoms with Crippen molar-refractivity contribution in [2.75, 3.05) is 6.61 Å². The Balaban J connectivity index is 1.96. The molecule has 0 N–H and O–H groups in total. The van der Waals surface area contributed by atoms with Crippen molar-refractivity contribution in [3.05, 3.63) is 48.2 Å². The van der Waals surface area contributed by atoms with E-state index in [0.29, 0.717) is 11.3 Å². The third-order valence-electron chi connectivity index (χ3n) is 4.36. The zero-order valence-corrected chi connectivity index (χ0v) is 16.1.